The van der Waals surface area contributed by atoms with E-state index in [1.807, 2.05) is 31.6 Å². The first-order chi connectivity index (χ1) is 11.7. The number of nitrogens with zero attached hydrogens (tertiary/aromatic N) is 2. The van der Waals surface area contributed by atoms with Gasteiger partial charge >= 0.3 is 0 Å². The quantitative estimate of drug-likeness (QED) is 0.766. The van der Waals surface area contributed by atoms with E-state index in [-0.39, 0.29) is 17.7 Å². The van der Waals surface area contributed by atoms with Crippen LogP contribution in [0.3, 0.4) is 0 Å². The van der Waals surface area contributed by atoms with Gasteiger partial charge in [0.1, 0.15) is 0 Å². The molecule has 2 aromatic heterocycles. The molecular formula is C18H20N4OS. The second kappa shape index (κ2) is 6.37. The summed E-state index contributed by atoms with van der Waals surface area (Å²) in [5.74, 6) is 0.265. The molecular weight excluding hydrogens is 320 g/mol. The Hall–Kier alpha value is -2.18. The summed E-state index contributed by atoms with van der Waals surface area (Å²) in [6.07, 6.45) is 3.87. The van der Waals surface area contributed by atoms with Gasteiger partial charge in [-0.15, -0.1) is 11.3 Å². The predicted molar refractivity (Wildman–Crippen MR) is 96.0 cm³/mol. The van der Waals surface area contributed by atoms with Crippen molar-refractivity contribution < 1.29 is 4.79 Å². The molecule has 0 radical (unpaired) electrons. The predicted octanol–water partition coefficient (Wildman–Crippen LogP) is 2.25. The van der Waals surface area contributed by atoms with Crippen LogP contribution in [0, 0.1) is 5.92 Å². The van der Waals surface area contributed by atoms with Gasteiger partial charge in [-0.05, 0) is 28.0 Å². The fourth-order valence-electron chi connectivity index (χ4n) is 3.42. The maximum atomic E-state index is 12.7. The average molecular weight is 340 g/mol. The van der Waals surface area contributed by atoms with E-state index in [0.717, 1.165) is 18.7 Å². The molecule has 0 saturated carbocycles. The summed E-state index contributed by atoms with van der Waals surface area (Å²) < 4.78 is 3.05. The van der Waals surface area contributed by atoms with Crippen molar-refractivity contribution >= 4 is 27.3 Å². The maximum Gasteiger partial charge on any atom is 0.225 e. The number of thiophene rings is 1. The van der Waals surface area contributed by atoms with Crippen LogP contribution in [0.1, 0.15) is 17.0 Å². The molecule has 0 unspecified atom stereocenters. The molecule has 1 aliphatic rings. The number of aryl methyl sites for hydroxylation is 1. The molecule has 24 heavy (non-hydrogen) atoms. The lowest BCUT2D eigenvalue weighted by molar-refractivity contribution is -0.125. The van der Waals surface area contributed by atoms with Crippen molar-refractivity contribution in [3.63, 3.8) is 0 Å². The standard InChI is InChI=1S/C18H20N4OS/c1-22-10-12(7-21-22)15-8-19-9-16(15)18(23)20-6-13-11-24-17-5-3-2-4-14(13)17/h2-5,7,10-11,15-16,19H,6,8-9H2,1H3,(H,20,23)/t15-,16+/m1/s1. The number of benzene rings is 1. The zero-order valence-corrected chi connectivity index (χ0v) is 14.3. The lowest BCUT2D eigenvalue weighted by Crippen LogP contribution is -2.33. The number of carbonyl (C=O) groups is 1. The zero-order chi connectivity index (χ0) is 16.5. The number of rotatable bonds is 4. The molecule has 1 aromatic carbocycles. The number of hydrogen-bond acceptors (Lipinski definition) is 4. The van der Waals surface area contributed by atoms with Crippen LogP contribution in [0.15, 0.2) is 42.0 Å². The summed E-state index contributed by atoms with van der Waals surface area (Å²) in [6, 6.07) is 8.32. The van der Waals surface area contributed by atoms with Gasteiger partial charge in [-0.3, -0.25) is 9.48 Å². The van der Waals surface area contributed by atoms with Crippen LogP contribution in [0.5, 0.6) is 0 Å². The first kappa shape index (κ1) is 15.4. The average Bonchev–Trinajstić information content (AvgIpc) is 3.31. The molecule has 0 spiro atoms. The van der Waals surface area contributed by atoms with E-state index in [4.69, 9.17) is 0 Å². The third-order valence-electron chi connectivity index (χ3n) is 4.72. The third kappa shape index (κ3) is 2.83. The van der Waals surface area contributed by atoms with E-state index in [2.05, 4.69) is 33.2 Å². The first-order valence-electron chi connectivity index (χ1n) is 8.14. The Morgan fingerprint density at radius 1 is 1.42 bits per heavy atom. The van der Waals surface area contributed by atoms with Crippen LogP contribution in [0.4, 0.5) is 0 Å². The number of fused-ring (bicyclic) bond motifs is 1. The zero-order valence-electron chi connectivity index (χ0n) is 13.5. The number of aromatic nitrogens is 2. The van der Waals surface area contributed by atoms with Gasteiger partial charge in [0.2, 0.25) is 5.91 Å². The molecule has 3 aromatic rings. The second-order valence-corrected chi connectivity index (χ2v) is 7.20. The molecule has 1 amide bonds. The van der Waals surface area contributed by atoms with E-state index in [1.165, 1.54) is 15.6 Å². The van der Waals surface area contributed by atoms with Crippen molar-refractivity contribution in [2.24, 2.45) is 13.0 Å². The molecule has 0 aliphatic carbocycles. The van der Waals surface area contributed by atoms with Crippen molar-refractivity contribution in [3.8, 4) is 0 Å². The van der Waals surface area contributed by atoms with Crippen LogP contribution >= 0.6 is 11.3 Å². The van der Waals surface area contributed by atoms with Gasteiger partial charge in [-0.25, -0.2) is 0 Å². The Morgan fingerprint density at radius 3 is 3.12 bits per heavy atom. The molecule has 1 aliphatic heterocycles. The SMILES string of the molecule is Cn1cc([C@H]2CNC[C@@H]2C(=O)NCc2csc3ccccc23)cn1. The highest BCUT2D eigenvalue weighted by Crippen LogP contribution is 2.29. The summed E-state index contributed by atoms with van der Waals surface area (Å²) in [6.45, 7) is 2.13. The highest BCUT2D eigenvalue weighted by Gasteiger charge is 2.34. The minimum atomic E-state index is -0.0425. The Balaban J connectivity index is 1.45. The molecule has 1 fully saturated rings. The van der Waals surface area contributed by atoms with Gasteiger partial charge < -0.3 is 10.6 Å². The van der Waals surface area contributed by atoms with Crippen LogP contribution < -0.4 is 10.6 Å². The topological polar surface area (TPSA) is 59.0 Å². The lowest BCUT2D eigenvalue weighted by atomic mass is 9.90. The van der Waals surface area contributed by atoms with Crippen molar-refractivity contribution in [1.82, 2.24) is 20.4 Å². The molecule has 2 atom stereocenters. The van der Waals surface area contributed by atoms with E-state index in [1.54, 1.807) is 16.0 Å². The van der Waals surface area contributed by atoms with Crippen LogP contribution in [0.25, 0.3) is 10.1 Å². The molecule has 5 nitrogen and oxygen atoms in total. The van der Waals surface area contributed by atoms with E-state index >= 15 is 0 Å². The number of nitrogens with one attached hydrogen (secondary N) is 2. The normalized spacial score (nSPS) is 20.5. The summed E-state index contributed by atoms with van der Waals surface area (Å²) in [4.78, 5) is 12.7. The molecule has 1 saturated heterocycles. The van der Waals surface area contributed by atoms with E-state index in [9.17, 15) is 4.79 Å². The molecule has 0 bridgehead atoms. The molecule has 3 heterocycles. The lowest BCUT2D eigenvalue weighted by Gasteiger charge is -2.17. The molecule has 4 rings (SSSR count). The number of hydrogen-bond donors (Lipinski definition) is 2. The van der Waals surface area contributed by atoms with Crippen LogP contribution in [-0.4, -0.2) is 28.8 Å². The van der Waals surface area contributed by atoms with E-state index < -0.39 is 0 Å². The van der Waals surface area contributed by atoms with Crippen LogP contribution in [0.2, 0.25) is 0 Å². The fourth-order valence-corrected chi connectivity index (χ4v) is 4.38. The highest BCUT2D eigenvalue weighted by molar-refractivity contribution is 7.17. The largest absolute Gasteiger partial charge is 0.352 e. The fraction of sp³-hybridized carbons (Fsp3) is 0.333. The monoisotopic (exact) mass is 340 g/mol. The van der Waals surface area contributed by atoms with Gasteiger partial charge in [0, 0.05) is 43.5 Å². The third-order valence-corrected chi connectivity index (χ3v) is 5.73. The summed E-state index contributed by atoms with van der Waals surface area (Å²) in [5, 5.41) is 14.1. The minimum absolute atomic E-state index is 0.0425. The van der Waals surface area contributed by atoms with Crippen molar-refractivity contribution in [2.75, 3.05) is 13.1 Å². The summed E-state index contributed by atoms with van der Waals surface area (Å²) in [7, 11) is 1.91. The number of amides is 1. The van der Waals surface area contributed by atoms with Gasteiger partial charge in [0.15, 0.2) is 0 Å². The molecule has 6 heteroatoms. The van der Waals surface area contributed by atoms with Crippen LogP contribution in [-0.2, 0) is 18.4 Å². The van der Waals surface area contributed by atoms with Crippen molar-refractivity contribution in [2.45, 2.75) is 12.5 Å². The minimum Gasteiger partial charge on any atom is -0.352 e. The first-order valence-corrected chi connectivity index (χ1v) is 9.02. The second-order valence-electron chi connectivity index (χ2n) is 6.29. The van der Waals surface area contributed by atoms with Crippen molar-refractivity contribution in [3.05, 3.63) is 53.2 Å². The molecule has 2 N–H and O–H groups in total. The van der Waals surface area contributed by atoms with E-state index in [0.29, 0.717) is 6.54 Å². The summed E-state index contributed by atoms with van der Waals surface area (Å²) in [5.41, 5.74) is 2.32. The Kier molecular flexibility index (Phi) is 4.08. The Bertz CT molecular complexity index is 869. The summed E-state index contributed by atoms with van der Waals surface area (Å²) >= 11 is 1.72. The van der Waals surface area contributed by atoms with Gasteiger partial charge in [0.25, 0.3) is 0 Å². The van der Waals surface area contributed by atoms with Gasteiger partial charge in [0.05, 0.1) is 12.1 Å². The maximum absolute atomic E-state index is 12.7. The molecule has 124 valence electrons. The van der Waals surface area contributed by atoms with Gasteiger partial charge in [-0.2, -0.15) is 5.10 Å². The Morgan fingerprint density at radius 2 is 2.29 bits per heavy atom. The Labute approximate surface area is 144 Å². The smallest absolute Gasteiger partial charge is 0.225 e. The van der Waals surface area contributed by atoms with Gasteiger partial charge in [-0.1, -0.05) is 18.2 Å². The number of carbonyl (C=O) groups excluding carboxylic acids is 1. The highest BCUT2D eigenvalue weighted by atomic mass is 32.1. The van der Waals surface area contributed by atoms with Crippen molar-refractivity contribution in [1.29, 1.82) is 0 Å².